The van der Waals surface area contributed by atoms with Crippen LogP contribution < -0.4 is 10.3 Å². The van der Waals surface area contributed by atoms with E-state index in [1.165, 1.54) is 0 Å². The van der Waals surface area contributed by atoms with Crippen molar-refractivity contribution in [3.8, 4) is 5.75 Å². The first-order valence-electron chi connectivity index (χ1n) is 3.62. The predicted molar refractivity (Wildman–Crippen MR) is 53.4 cm³/mol. The standard InChI is InChI=1S/C7H3F3INO4/c8-7(9,10)16-4-2(6(14)15)1-3(11)12-5(4)13/h1H,(H,12,13)(H,14,15). The lowest BCUT2D eigenvalue weighted by molar-refractivity contribution is -0.275. The average Bonchev–Trinajstić information content (AvgIpc) is 2.07. The van der Waals surface area contributed by atoms with Gasteiger partial charge >= 0.3 is 12.3 Å². The fourth-order valence-corrected chi connectivity index (χ4v) is 1.45. The molecule has 0 aliphatic rings. The van der Waals surface area contributed by atoms with E-state index in [-0.39, 0.29) is 3.70 Å². The molecule has 1 rings (SSSR count). The molecule has 1 aromatic rings. The summed E-state index contributed by atoms with van der Waals surface area (Å²) in [5.41, 5.74) is -2.09. The van der Waals surface area contributed by atoms with Crippen LogP contribution in [-0.2, 0) is 0 Å². The van der Waals surface area contributed by atoms with E-state index in [2.05, 4.69) is 4.74 Å². The molecule has 0 aromatic carbocycles. The van der Waals surface area contributed by atoms with Gasteiger partial charge in [0.15, 0.2) is 0 Å². The molecule has 1 heterocycles. The predicted octanol–water partition coefficient (Wildman–Crippen LogP) is 1.58. The fraction of sp³-hybridized carbons (Fsp3) is 0.143. The lowest BCUT2D eigenvalue weighted by Gasteiger charge is -2.10. The molecule has 0 radical (unpaired) electrons. The number of halogens is 4. The number of alkyl halides is 3. The summed E-state index contributed by atoms with van der Waals surface area (Å²) in [7, 11) is 0. The summed E-state index contributed by atoms with van der Waals surface area (Å²) >= 11 is 1.56. The van der Waals surface area contributed by atoms with Gasteiger partial charge in [0.05, 0.1) is 3.70 Å². The fourth-order valence-electron chi connectivity index (χ4n) is 0.892. The number of hydrogen-bond acceptors (Lipinski definition) is 3. The van der Waals surface area contributed by atoms with Gasteiger partial charge in [-0.1, -0.05) is 0 Å². The first-order valence-corrected chi connectivity index (χ1v) is 4.70. The van der Waals surface area contributed by atoms with Crippen LogP contribution in [0, 0.1) is 3.70 Å². The van der Waals surface area contributed by atoms with Crippen molar-refractivity contribution in [3.63, 3.8) is 0 Å². The highest BCUT2D eigenvalue weighted by Crippen LogP contribution is 2.23. The maximum Gasteiger partial charge on any atom is 0.573 e. The lowest BCUT2D eigenvalue weighted by Crippen LogP contribution is -2.25. The second-order valence-electron chi connectivity index (χ2n) is 2.54. The Bertz CT molecular complexity index is 482. The molecule has 0 bridgehead atoms. The Hall–Kier alpha value is -1.26. The molecule has 0 amide bonds. The Morgan fingerprint density at radius 3 is 2.50 bits per heavy atom. The van der Waals surface area contributed by atoms with Crippen LogP contribution in [0.5, 0.6) is 5.75 Å². The number of H-pyrrole nitrogens is 1. The van der Waals surface area contributed by atoms with Crippen LogP contribution >= 0.6 is 22.6 Å². The van der Waals surface area contributed by atoms with Gasteiger partial charge in [-0.2, -0.15) is 0 Å². The van der Waals surface area contributed by atoms with E-state index < -0.39 is 29.2 Å². The highest BCUT2D eigenvalue weighted by Gasteiger charge is 2.34. The molecule has 88 valence electrons. The number of carbonyl (C=O) groups is 1. The summed E-state index contributed by atoms with van der Waals surface area (Å²) in [5.74, 6) is -2.95. The molecule has 0 spiro atoms. The number of aromatic nitrogens is 1. The molecule has 0 fully saturated rings. The number of nitrogens with one attached hydrogen (secondary N) is 1. The van der Waals surface area contributed by atoms with Crippen molar-refractivity contribution in [2.45, 2.75) is 6.36 Å². The van der Waals surface area contributed by atoms with Gasteiger partial charge in [-0.25, -0.2) is 4.79 Å². The van der Waals surface area contributed by atoms with Crippen LogP contribution in [0.15, 0.2) is 10.9 Å². The number of aromatic amines is 1. The molecule has 0 aliphatic heterocycles. The molecule has 0 aliphatic carbocycles. The molecule has 0 saturated carbocycles. The third-order valence-corrected chi connectivity index (χ3v) is 1.98. The number of pyridine rings is 1. The molecule has 0 unspecified atom stereocenters. The van der Waals surface area contributed by atoms with Gasteiger partial charge in [0.25, 0.3) is 5.56 Å². The first-order chi connectivity index (χ1) is 7.20. The summed E-state index contributed by atoms with van der Waals surface area (Å²) in [4.78, 5) is 23.7. The quantitative estimate of drug-likeness (QED) is 0.628. The van der Waals surface area contributed by atoms with E-state index in [1.54, 1.807) is 22.6 Å². The topological polar surface area (TPSA) is 79.4 Å². The minimum atomic E-state index is -5.12. The lowest BCUT2D eigenvalue weighted by atomic mass is 10.2. The van der Waals surface area contributed by atoms with Crippen LogP contribution in [-0.4, -0.2) is 22.4 Å². The number of hydrogen-bond donors (Lipinski definition) is 2. The Morgan fingerprint density at radius 2 is 2.06 bits per heavy atom. The molecule has 5 nitrogen and oxygen atoms in total. The van der Waals surface area contributed by atoms with Crippen molar-refractivity contribution < 1.29 is 27.8 Å². The summed E-state index contributed by atoms with van der Waals surface area (Å²) in [6, 6.07) is 0.866. The van der Waals surface area contributed by atoms with Gasteiger partial charge in [0.1, 0.15) is 5.56 Å². The van der Waals surface area contributed by atoms with Gasteiger partial charge in [0.2, 0.25) is 5.75 Å². The van der Waals surface area contributed by atoms with Gasteiger partial charge in [0, 0.05) is 0 Å². The zero-order chi connectivity index (χ0) is 12.5. The van der Waals surface area contributed by atoms with E-state index in [4.69, 9.17) is 5.11 Å². The second-order valence-corrected chi connectivity index (χ2v) is 3.70. The molecule has 1 aromatic heterocycles. The Morgan fingerprint density at radius 1 is 1.50 bits per heavy atom. The number of aromatic carboxylic acids is 1. The second kappa shape index (κ2) is 4.31. The number of rotatable bonds is 2. The van der Waals surface area contributed by atoms with E-state index in [0.29, 0.717) is 0 Å². The zero-order valence-electron chi connectivity index (χ0n) is 7.26. The molecule has 0 atom stereocenters. The number of ether oxygens (including phenoxy) is 1. The SMILES string of the molecule is O=C(O)c1cc(I)[nH]c(=O)c1OC(F)(F)F. The molecule has 0 saturated heterocycles. The highest BCUT2D eigenvalue weighted by molar-refractivity contribution is 14.1. The van der Waals surface area contributed by atoms with Gasteiger partial charge in [-0.3, -0.25) is 4.79 Å². The van der Waals surface area contributed by atoms with E-state index in [0.717, 1.165) is 6.07 Å². The highest BCUT2D eigenvalue weighted by atomic mass is 127. The Balaban J connectivity index is 3.36. The third-order valence-electron chi connectivity index (χ3n) is 1.40. The van der Waals surface area contributed by atoms with Crippen LogP contribution in [0.4, 0.5) is 13.2 Å². The van der Waals surface area contributed by atoms with E-state index in [1.807, 2.05) is 4.98 Å². The van der Waals surface area contributed by atoms with Gasteiger partial charge < -0.3 is 14.8 Å². The van der Waals surface area contributed by atoms with Crippen LogP contribution in [0.3, 0.4) is 0 Å². The average molecular weight is 349 g/mol. The number of carboxylic acids is 1. The van der Waals surface area contributed by atoms with E-state index in [9.17, 15) is 22.8 Å². The normalized spacial score (nSPS) is 11.2. The number of carboxylic acid groups (broad SMARTS) is 1. The Kier molecular flexibility index (Phi) is 3.45. The van der Waals surface area contributed by atoms with Crippen molar-refractivity contribution in [3.05, 3.63) is 25.7 Å². The third kappa shape index (κ3) is 3.12. The van der Waals surface area contributed by atoms with Crippen LogP contribution in [0.1, 0.15) is 10.4 Å². The van der Waals surface area contributed by atoms with Gasteiger partial charge in [-0.15, -0.1) is 13.2 Å². The van der Waals surface area contributed by atoms with E-state index >= 15 is 0 Å². The molecule has 9 heteroatoms. The first kappa shape index (κ1) is 12.8. The van der Waals surface area contributed by atoms with Gasteiger partial charge in [-0.05, 0) is 28.7 Å². The van der Waals surface area contributed by atoms with Crippen molar-refractivity contribution in [1.29, 1.82) is 0 Å². The minimum Gasteiger partial charge on any atom is -0.478 e. The molecule has 16 heavy (non-hydrogen) atoms. The van der Waals surface area contributed by atoms with Crippen molar-refractivity contribution in [1.82, 2.24) is 4.98 Å². The minimum absolute atomic E-state index is 0.0922. The zero-order valence-corrected chi connectivity index (χ0v) is 9.42. The summed E-state index contributed by atoms with van der Waals surface area (Å²) in [5, 5.41) is 8.61. The van der Waals surface area contributed by atoms with Crippen molar-refractivity contribution in [2.75, 3.05) is 0 Å². The maximum atomic E-state index is 11.9. The Labute approximate surface area is 99.4 Å². The smallest absolute Gasteiger partial charge is 0.478 e. The molecule has 2 N–H and O–H groups in total. The van der Waals surface area contributed by atoms with Crippen molar-refractivity contribution >= 4 is 28.6 Å². The monoisotopic (exact) mass is 349 g/mol. The largest absolute Gasteiger partial charge is 0.573 e. The summed E-state index contributed by atoms with van der Waals surface area (Å²) in [6.07, 6.45) is -5.12. The maximum absolute atomic E-state index is 11.9. The summed E-state index contributed by atoms with van der Waals surface area (Å²) < 4.78 is 39.1. The van der Waals surface area contributed by atoms with Crippen LogP contribution in [0.2, 0.25) is 0 Å². The van der Waals surface area contributed by atoms with Crippen LogP contribution in [0.25, 0.3) is 0 Å². The van der Waals surface area contributed by atoms with Crippen molar-refractivity contribution in [2.24, 2.45) is 0 Å². The molecular weight excluding hydrogens is 346 g/mol. The molecular formula is C7H3F3INO4. The summed E-state index contributed by atoms with van der Waals surface area (Å²) in [6.45, 7) is 0.